The molecule has 1 amide bonds. The molecule has 5 heteroatoms. The standard InChI is InChI=1S/C23H28N2O3/c1-17(26)18-10-11-22(28-3)20(14-18)15-23(27)24(2)16-19-8-4-5-9-21(19)25-12-6-7-13-25/h4-5,8-11,14H,6-7,12-13,15-16H2,1-3H3. The summed E-state index contributed by atoms with van der Waals surface area (Å²) in [4.78, 5) is 28.7. The summed E-state index contributed by atoms with van der Waals surface area (Å²) in [6.07, 6.45) is 2.64. The third kappa shape index (κ3) is 4.53. The maximum Gasteiger partial charge on any atom is 0.227 e. The smallest absolute Gasteiger partial charge is 0.227 e. The van der Waals surface area contributed by atoms with Crippen LogP contribution in [0.5, 0.6) is 5.75 Å². The Morgan fingerprint density at radius 2 is 1.79 bits per heavy atom. The molecule has 28 heavy (non-hydrogen) atoms. The molecule has 148 valence electrons. The number of carbonyl (C=O) groups excluding carboxylic acids is 2. The van der Waals surface area contributed by atoms with Crippen molar-refractivity contribution in [1.29, 1.82) is 0 Å². The number of Topliss-reactive ketones (excluding diaryl/α,β-unsaturated/α-hetero) is 1. The van der Waals surface area contributed by atoms with Crippen molar-refractivity contribution in [1.82, 2.24) is 4.90 Å². The van der Waals surface area contributed by atoms with Crippen LogP contribution in [0.2, 0.25) is 0 Å². The number of benzene rings is 2. The van der Waals surface area contributed by atoms with Crippen LogP contribution in [0.1, 0.15) is 41.3 Å². The van der Waals surface area contributed by atoms with Crippen LogP contribution in [0.3, 0.4) is 0 Å². The molecule has 1 fully saturated rings. The van der Waals surface area contributed by atoms with Crippen LogP contribution in [-0.2, 0) is 17.8 Å². The van der Waals surface area contributed by atoms with Gasteiger partial charge in [0.15, 0.2) is 5.78 Å². The molecule has 1 aliphatic heterocycles. The van der Waals surface area contributed by atoms with Crippen molar-refractivity contribution in [3.63, 3.8) is 0 Å². The van der Waals surface area contributed by atoms with Crippen LogP contribution in [-0.4, -0.2) is 43.8 Å². The molecule has 0 aliphatic carbocycles. The predicted molar refractivity (Wildman–Crippen MR) is 111 cm³/mol. The largest absolute Gasteiger partial charge is 0.496 e. The molecule has 0 bridgehead atoms. The van der Waals surface area contributed by atoms with Gasteiger partial charge in [0.05, 0.1) is 13.5 Å². The number of amides is 1. The number of likely N-dealkylation sites (N-methyl/N-ethyl adjacent to an activating group) is 1. The molecule has 0 spiro atoms. The van der Waals surface area contributed by atoms with Crippen molar-refractivity contribution in [3.8, 4) is 5.75 Å². The topological polar surface area (TPSA) is 49.9 Å². The first-order valence-corrected chi connectivity index (χ1v) is 9.74. The quantitative estimate of drug-likeness (QED) is 0.688. The first-order chi connectivity index (χ1) is 13.5. The zero-order valence-corrected chi connectivity index (χ0v) is 16.9. The van der Waals surface area contributed by atoms with Crippen LogP contribution in [0.25, 0.3) is 0 Å². The number of hydrogen-bond acceptors (Lipinski definition) is 4. The maximum absolute atomic E-state index is 12.9. The third-order valence-corrected chi connectivity index (χ3v) is 5.30. The molecule has 0 radical (unpaired) electrons. The van der Waals surface area contributed by atoms with Crippen molar-refractivity contribution >= 4 is 17.4 Å². The Kier molecular flexibility index (Phi) is 6.34. The Hall–Kier alpha value is -2.82. The highest BCUT2D eigenvalue weighted by Crippen LogP contribution is 2.26. The summed E-state index contributed by atoms with van der Waals surface area (Å²) in [7, 11) is 3.40. The van der Waals surface area contributed by atoms with E-state index in [-0.39, 0.29) is 18.1 Å². The van der Waals surface area contributed by atoms with E-state index in [0.29, 0.717) is 17.9 Å². The highest BCUT2D eigenvalue weighted by atomic mass is 16.5. The molecule has 1 saturated heterocycles. The lowest BCUT2D eigenvalue weighted by Crippen LogP contribution is -2.29. The number of ketones is 1. The molecular formula is C23H28N2O3. The van der Waals surface area contributed by atoms with Crippen LogP contribution in [0.15, 0.2) is 42.5 Å². The Morgan fingerprint density at radius 1 is 1.07 bits per heavy atom. The molecular weight excluding hydrogens is 352 g/mol. The fourth-order valence-electron chi connectivity index (χ4n) is 3.69. The zero-order valence-electron chi connectivity index (χ0n) is 16.9. The number of rotatable bonds is 7. The van der Waals surface area contributed by atoms with E-state index in [0.717, 1.165) is 24.2 Å². The van der Waals surface area contributed by atoms with Crippen molar-refractivity contribution < 1.29 is 14.3 Å². The fourth-order valence-corrected chi connectivity index (χ4v) is 3.69. The lowest BCUT2D eigenvalue weighted by Gasteiger charge is -2.24. The van der Waals surface area contributed by atoms with Gasteiger partial charge in [-0.15, -0.1) is 0 Å². The molecule has 2 aromatic carbocycles. The minimum Gasteiger partial charge on any atom is -0.496 e. The van der Waals surface area contributed by atoms with Crippen LogP contribution >= 0.6 is 0 Å². The minimum atomic E-state index is -0.0238. The van der Waals surface area contributed by atoms with E-state index < -0.39 is 0 Å². The van der Waals surface area contributed by atoms with E-state index in [1.165, 1.54) is 25.5 Å². The molecule has 5 nitrogen and oxygen atoms in total. The number of nitrogens with zero attached hydrogens (tertiary/aromatic N) is 2. The van der Waals surface area contributed by atoms with Crippen molar-refractivity contribution in [2.24, 2.45) is 0 Å². The first kappa shape index (κ1) is 19.9. The molecule has 0 aromatic heterocycles. The van der Waals surface area contributed by atoms with Gasteiger partial charge in [-0.25, -0.2) is 0 Å². The van der Waals surface area contributed by atoms with E-state index in [9.17, 15) is 9.59 Å². The van der Waals surface area contributed by atoms with Crippen LogP contribution in [0.4, 0.5) is 5.69 Å². The van der Waals surface area contributed by atoms with Crippen molar-refractivity contribution in [2.75, 3.05) is 32.1 Å². The van der Waals surface area contributed by atoms with E-state index in [1.807, 2.05) is 13.1 Å². The second-order valence-corrected chi connectivity index (χ2v) is 7.33. The fraction of sp³-hybridized carbons (Fsp3) is 0.391. The molecule has 3 rings (SSSR count). The van der Waals surface area contributed by atoms with Gasteiger partial charge in [0, 0.05) is 43.5 Å². The number of ether oxygens (including phenoxy) is 1. The summed E-state index contributed by atoms with van der Waals surface area (Å²) in [6.45, 7) is 4.22. The molecule has 0 saturated carbocycles. The van der Waals surface area contributed by atoms with Gasteiger partial charge >= 0.3 is 0 Å². The third-order valence-electron chi connectivity index (χ3n) is 5.30. The van der Waals surface area contributed by atoms with E-state index in [2.05, 4.69) is 23.1 Å². The Balaban J connectivity index is 1.74. The summed E-state index contributed by atoms with van der Waals surface area (Å²) >= 11 is 0. The molecule has 0 atom stereocenters. The van der Waals surface area contributed by atoms with Crippen molar-refractivity contribution in [3.05, 3.63) is 59.2 Å². The highest BCUT2D eigenvalue weighted by Gasteiger charge is 2.19. The molecule has 2 aromatic rings. The summed E-state index contributed by atoms with van der Waals surface area (Å²) in [6, 6.07) is 13.5. The van der Waals surface area contributed by atoms with Gasteiger partial charge in [0.2, 0.25) is 5.91 Å². The first-order valence-electron chi connectivity index (χ1n) is 9.74. The lowest BCUT2D eigenvalue weighted by atomic mass is 10.0. The number of hydrogen-bond donors (Lipinski definition) is 0. The van der Waals surface area contributed by atoms with E-state index >= 15 is 0 Å². The van der Waals surface area contributed by atoms with Gasteiger partial charge in [-0.05, 0) is 49.6 Å². The van der Waals surface area contributed by atoms with Gasteiger partial charge in [-0.2, -0.15) is 0 Å². The van der Waals surface area contributed by atoms with Gasteiger partial charge < -0.3 is 14.5 Å². The maximum atomic E-state index is 12.9. The Labute approximate surface area is 166 Å². The predicted octanol–water partition coefficient (Wildman–Crippen LogP) is 3.70. The second-order valence-electron chi connectivity index (χ2n) is 7.33. The molecule has 1 aliphatic rings. The summed E-state index contributed by atoms with van der Waals surface area (Å²) in [5, 5.41) is 0. The van der Waals surface area contributed by atoms with Gasteiger partial charge in [0.25, 0.3) is 0 Å². The molecule has 0 N–H and O–H groups in total. The molecule has 0 unspecified atom stereocenters. The van der Waals surface area contributed by atoms with E-state index in [1.54, 1.807) is 30.2 Å². The number of methoxy groups -OCH3 is 1. The van der Waals surface area contributed by atoms with Gasteiger partial charge in [-0.1, -0.05) is 18.2 Å². The minimum absolute atomic E-state index is 0.00442. The molecule has 1 heterocycles. The normalized spacial score (nSPS) is 13.5. The second kappa shape index (κ2) is 8.91. The average molecular weight is 380 g/mol. The van der Waals surface area contributed by atoms with Crippen LogP contribution < -0.4 is 9.64 Å². The number of anilines is 1. The zero-order chi connectivity index (χ0) is 20.1. The summed E-state index contributed by atoms with van der Waals surface area (Å²) in [5.74, 6) is 0.601. The van der Waals surface area contributed by atoms with Gasteiger partial charge in [0.1, 0.15) is 5.75 Å². The number of para-hydroxylation sites is 1. The number of carbonyl (C=O) groups is 2. The monoisotopic (exact) mass is 380 g/mol. The summed E-state index contributed by atoms with van der Waals surface area (Å²) in [5.41, 5.74) is 3.70. The van der Waals surface area contributed by atoms with Crippen LogP contribution in [0, 0.1) is 0 Å². The highest BCUT2D eigenvalue weighted by molar-refractivity contribution is 5.94. The van der Waals surface area contributed by atoms with Gasteiger partial charge in [-0.3, -0.25) is 9.59 Å². The summed E-state index contributed by atoms with van der Waals surface area (Å²) < 4.78 is 5.38. The lowest BCUT2D eigenvalue weighted by molar-refractivity contribution is -0.129. The van der Waals surface area contributed by atoms with E-state index in [4.69, 9.17) is 4.74 Å². The Morgan fingerprint density at radius 3 is 2.46 bits per heavy atom. The average Bonchev–Trinajstić information content (AvgIpc) is 3.22. The Bertz CT molecular complexity index is 857. The van der Waals surface area contributed by atoms with Crippen molar-refractivity contribution in [2.45, 2.75) is 32.7 Å². The SMILES string of the molecule is COc1ccc(C(C)=O)cc1CC(=O)N(C)Cc1ccccc1N1CCCC1.